The van der Waals surface area contributed by atoms with Crippen molar-refractivity contribution in [2.24, 2.45) is 11.8 Å². The Balaban J connectivity index is 2.71. The average molecular weight is 204 g/mol. The van der Waals surface area contributed by atoms with E-state index in [1.54, 1.807) is 0 Å². The lowest BCUT2D eigenvalue weighted by Gasteiger charge is -2.41. The summed E-state index contributed by atoms with van der Waals surface area (Å²) >= 11 is 0. The number of methoxy groups -OCH3 is 1. The molecule has 1 saturated carbocycles. The number of rotatable bonds is 3. The van der Waals surface area contributed by atoms with Crippen molar-refractivity contribution in [3.05, 3.63) is 0 Å². The molecular formula is C10H20O4. The Morgan fingerprint density at radius 2 is 1.93 bits per heavy atom. The lowest BCUT2D eigenvalue weighted by atomic mass is 9.73. The van der Waals surface area contributed by atoms with Crippen LogP contribution in [0.15, 0.2) is 0 Å². The zero-order valence-electron chi connectivity index (χ0n) is 8.76. The van der Waals surface area contributed by atoms with Crippen LogP contribution in [-0.4, -0.2) is 47.3 Å². The van der Waals surface area contributed by atoms with Crippen molar-refractivity contribution in [1.82, 2.24) is 0 Å². The topological polar surface area (TPSA) is 69.9 Å². The van der Waals surface area contributed by atoms with Gasteiger partial charge in [-0.1, -0.05) is 13.3 Å². The minimum absolute atomic E-state index is 0.0265. The fraction of sp³-hybridized carbons (Fsp3) is 1.00. The molecule has 2 unspecified atom stereocenters. The van der Waals surface area contributed by atoms with Gasteiger partial charge in [-0.3, -0.25) is 0 Å². The van der Waals surface area contributed by atoms with Crippen molar-refractivity contribution >= 4 is 0 Å². The average Bonchev–Trinajstić information content (AvgIpc) is 2.21. The first-order chi connectivity index (χ1) is 6.65. The Hall–Kier alpha value is -0.160. The van der Waals surface area contributed by atoms with Gasteiger partial charge >= 0.3 is 0 Å². The van der Waals surface area contributed by atoms with Crippen LogP contribution in [0.1, 0.15) is 19.8 Å². The molecule has 0 bridgehead atoms. The molecule has 4 heteroatoms. The minimum atomic E-state index is -0.826. The third-order valence-electron chi connectivity index (χ3n) is 3.32. The van der Waals surface area contributed by atoms with Crippen molar-refractivity contribution in [3.8, 4) is 0 Å². The van der Waals surface area contributed by atoms with Crippen LogP contribution < -0.4 is 0 Å². The van der Waals surface area contributed by atoms with Crippen molar-refractivity contribution in [1.29, 1.82) is 0 Å². The maximum absolute atomic E-state index is 9.80. The van der Waals surface area contributed by atoms with E-state index in [9.17, 15) is 10.2 Å². The highest BCUT2D eigenvalue weighted by Crippen LogP contribution is 2.33. The highest BCUT2D eigenvalue weighted by Gasteiger charge is 2.42. The molecule has 1 rings (SSSR count). The Labute approximate surface area is 84.5 Å². The first kappa shape index (κ1) is 11.9. The number of aliphatic hydroxyl groups is 3. The predicted molar refractivity (Wildman–Crippen MR) is 51.8 cm³/mol. The highest BCUT2D eigenvalue weighted by atomic mass is 16.5. The number of hydrogen-bond acceptors (Lipinski definition) is 4. The van der Waals surface area contributed by atoms with Crippen LogP contribution >= 0.6 is 0 Å². The lowest BCUT2D eigenvalue weighted by Crippen LogP contribution is -2.51. The van der Waals surface area contributed by atoms with E-state index in [0.717, 1.165) is 6.42 Å². The monoisotopic (exact) mass is 204 g/mol. The van der Waals surface area contributed by atoms with Gasteiger partial charge in [-0.25, -0.2) is 0 Å². The summed E-state index contributed by atoms with van der Waals surface area (Å²) in [5.41, 5.74) is 0. The summed E-state index contributed by atoms with van der Waals surface area (Å²) in [6.07, 6.45) is -0.586. The third kappa shape index (κ3) is 2.08. The maximum atomic E-state index is 9.80. The molecule has 0 aromatic carbocycles. The van der Waals surface area contributed by atoms with Crippen LogP contribution in [0, 0.1) is 11.8 Å². The molecule has 0 saturated heterocycles. The molecule has 5 atom stereocenters. The van der Waals surface area contributed by atoms with Gasteiger partial charge in [0, 0.05) is 13.7 Å². The smallest absolute Gasteiger partial charge is 0.106 e. The Morgan fingerprint density at radius 3 is 2.36 bits per heavy atom. The van der Waals surface area contributed by atoms with Gasteiger partial charge in [0.25, 0.3) is 0 Å². The fourth-order valence-corrected chi connectivity index (χ4v) is 2.39. The molecule has 3 N–H and O–H groups in total. The van der Waals surface area contributed by atoms with Crippen LogP contribution in [0.5, 0.6) is 0 Å². The molecule has 0 radical (unpaired) electrons. The molecule has 14 heavy (non-hydrogen) atoms. The second kappa shape index (κ2) is 5.07. The molecule has 0 heterocycles. The molecule has 0 spiro atoms. The van der Waals surface area contributed by atoms with Crippen LogP contribution in [0.4, 0.5) is 0 Å². The summed E-state index contributed by atoms with van der Waals surface area (Å²) in [5.74, 6) is 0.00440. The highest BCUT2D eigenvalue weighted by molar-refractivity contribution is 4.92. The summed E-state index contributed by atoms with van der Waals surface area (Å²) in [6, 6.07) is 0. The van der Waals surface area contributed by atoms with E-state index >= 15 is 0 Å². The van der Waals surface area contributed by atoms with E-state index in [1.165, 1.54) is 7.11 Å². The third-order valence-corrected chi connectivity index (χ3v) is 3.32. The van der Waals surface area contributed by atoms with Gasteiger partial charge < -0.3 is 20.1 Å². The summed E-state index contributed by atoms with van der Waals surface area (Å²) in [6.45, 7) is 2.00. The number of aliphatic hydroxyl groups excluding tert-OH is 3. The molecule has 0 aliphatic heterocycles. The predicted octanol–water partition coefficient (Wildman–Crippen LogP) is -0.238. The van der Waals surface area contributed by atoms with Crippen LogP contribution in [0.3, 0.4) is 0 Å². The first-order valence-corrected chi connectivity index (χ1v) is 5.15. The molecule has 0 aromatic heterocycles. The van der Waals surface area contributed by atoms with Gasteiger partial charge in [-0.2, -0.15) is 0 Å². The number of ether oxygens (including phenoxy) is 1. The maximum Gasteiger partial charge on any atom is 0.106 e. The number of hydrogen-bond donors (Lipinski definition) is 3. The van der Waals surface area contributed by atoms with Crippen LogP contribution in [-0.2, 0) is 4.74 Å². The van der Waals surface area contributed by atoms with E-state index in [-0.39, 0.29) is 24.5 Å². The van der Waals surface area contributed by atoms with Gasteiger partial charge in [0.1, 0.15) is 6.10 Å². The van der Waals surface area contributed by atoms with Gasteiger partial charge in [0.2, 0.25) is 0 Å². The Kier molecular flexibility index (Phi) is 4.31. The largest absolute Gasteiger partial charge is 0.396 e. The van der Waals surface area contributed by atoms with Crippen molar-refractivity contribution in [2.45, 2.75) is 38.1 Å². The van der Waals surface area contributed by atoms with E-state index in [2.05, 4.69) is 0 Å². The summed E-state index contributed by atoms with van der Waals surface area (Å²) in [7, 11) is 1.52. The van der Waals surface area contributed by atoms with Crippen molar-refractivity contribution in [3.63, 3.8) is 0 Å². The quantitative estimate of drug-likeness (QED) is 0.593. The standard InChI is InChI=1S/C10H20O4/c1-3-7-6(5-11)4-8(14-2)10(13)9(7)12/h6-13H,3-5H2,1-2H3/t6?,7-,8+,9-,10?/m0/s1. The van der Waals surface area contributed by atoms with Gasteiger partial charge in [-0.05, 0) is 18.3 Å². The lowest BCUT2D eigenvalue weighted by molar-refractivity contribution is -0.147. The summed E-state index contributed by atoms with van der Waals surface area (Å²) < 4.78 is 5.08. The van der Waals surface area contributed by atoms with Gasteiger partial charge in [0.05, 0.1) is 12.2 Å². The Morgan fingerprint density at radius 1 is 1.29 bits per heavy atom. The molecule has 0 amide bonds. The van der Waals surface area contributed by atoms with Gasteiger partial charge in [0.15, 0.2) is 0 Å². The molecule has 4 nitrogen and oxygen atoms in total. The first-order valence-electron chi connectivity index (χ1n) is 5.15. The molecule has 84 valence electrons. The van der Waals surface area contributed by atoms with Crippen molar-refractivity contribution in [2.75, 3.05) is 13.7 Å². The molecule has 0 aromatic rings. The molecular weight excluding hydrogens is 184 g/mol. The normalized spacial score (nSPS) is 43.9. The summed E-state index contributed by atoms with van der Waals surface area (Å²) in [5, 5.41) is 28.7. The van der Waals surface area contributed by atoms with E-state index in [1.807, 2.05) is 6.92 Å². The molecule has 1 fully saturated rings. The molecule has 1 aliphatic rings. The zero-order valence-corrected chi connectivity index (χ0v) is 8.76. The van der Waals surface area contributed by atoms with Gasteiger partial charge in [-0.15, -0.1) is 0 Å². The SMILES string of the molecule is CC[C@H]1C(CO)C[C@@H](OC)C(O)[C@H]1O. The van der Waals surface area contributed by atoms with Crippen LogP contribution in [0.25, 0.3) is 0 Å². The molecule has 1 aliphatic carbocycles. The van der Waals surface area contributed by atoms with E-state index in [4.69, 9.17) is 9.84 Å². The summed E-state index contributed by atoms with van der Waals surface area (Å²) in [4.78, 5) is 0. The van der Waals surface area contributed by atoms with E-state index < -0.39 is 12.2 Å². The van der Waals surface area contributed by atoms with Crippen LogP contribution in [0.2, 0.25) is 0 Å². The second-order valence-corrected chi connectivity index (χ2v) is 4.01. The fourth-order valence-electron chi connectivity index (χ4n) is 2.39. The Bertz CT molecular complexity index is 172. The van der Waals surface area contributed by atoms with E-state index in [0.29, 0.717) is 6.42 Å². The zero-order chi connectivity index (χ0) is 10.7. The minimum Gasteiger partial charge on any atom is -0.396 e. The van der Waals surface area contributed by atoms with Crippen molar-refractivity contribution < 1.29 is 20.1 Å². The second-order valence-electron chi connectivity index (χ2n) is 4.01.